The molecule has 7 nitrogen and oxygen atoms in total. The van der Waals surface area contributed by atoms with Gasteiger partial charge in [-0.1, -0.05) is 0 Å². The SMILES string of the molecule is Cl.NCCOC(=O)Cc1nn(Cc2nc3cc(C(F)(F)F)ccc3s2)c(=O)c2cscc12. The van der Waals surface area contributed by atoms with Crippen LogP contribution in [0.15, 0.2) is 33.8 Å². The number of aromatic nitrogens is 3. The number of nitrogens with zero attached hydrogens (tertiary/aromatic N) is 3. The monoisotopic (exact) mass is 504 g/mol. The Kier molecular flexibility index (Phi) is 7.18. The molecule has 0 aliphatic carbocycles. The first kappa shape index (κ1) is 24.1. The Morgan fingerprint density at radius 1 is 1.22 bits per heavy atom. The molecule has 0 bridgehead atoms. The van der Waals surface area contributed by atoms with E-state index >= 15 is 0 Å². The molecule has 0 aliphatic rings. The van der Waals surface area contributed by atoms with E-state index < -0.39 is 17.7 Å². The van der Waals surface area contributed by atoms with Gasteiger partial charge < -0.3 is 10.5 Å². The quantitative estimate of drug-likeness (QED) is 0.403. The minimum Gasteiger partial charge on any atom is -0.464 e. The fourth-order valence-electron chi connectivity index (χ4n) is 3.02. The Labute approximate surface area is 193 Å². The fourth-order valence-corrected chi connectivity index (χ4v) is 4.78. The molecule has 4 aromatic rings. The van der Waals surface area contributed by atoms with E-state index in [1.165, 1.54) is 33.4 Å². The van der Waals surface area contributed by atoms with E-state index in [0.717, 1.165) is 12.1 Å². The highest BCUT2D eigenvalue weighted by atomic mass is 35.5. The number of nitrogens with two attached hydrogens (primary N) is 1. The maximum absolute atomic E-state index is 12.9. The highest BCUT2D eigenvalue weighted by Gasteiger charge is 2.30. The zero-order valence-corrected chi connectivity index (χ0v) is 18.7. The molecule has 0 radical (unpaired) electrons. The summed E-state index contributed by atoms with van der Waals surface area (Å²) in [5, 5.41) is 9.10. The minimum absolute atomic E-state index is 0. The van der Waals surface area contributed by atoms with E-state index in [4.69, 9.17) is 10.5 Å². The van der Waals surface area contributed by atoms with Crippen LogP contribution in [0.25, 0.3) is 21.0 Å². The molecule has 1 aromatic carbocycles. The molecule has 3 aromatic heterocycles. The van der Waals surface area contributed by atoms with Crippen molar-refractivity contribution in [2.45, 2.75) is 19.1 Å². The number of rotatable bonds is 6. The summed E-state index contributed by atoms with van der Waals surface area (Å²) in [6, 6.07) is 3.33. The molecule has 0 fully saturated rings. The van der Waals surface area contributed by atoms with Gasteiger partial charge in [0.25, 0.3) is 5.56 Å². The number of benzene rings is 1. The van der Waals surface area contributed by atoms with Gasteiger partial charge in [-0.25, -0.2) is 9.67 Å². The molecule has 4 rings (SSSR count). The number of carbonyl (C=O) groups excluding carboxylic acids is 1. The maximum atomic E-state index is 12.9. The molecular formula is C19H16ClF3N4O3S2. The highest BCUT2D eigenvalue weighted by Crippen LogP contribution is 2.33. The van der Waals surface area contributed by atoms with E-state index in [0.29, 0.717) is 26.2 Å². The van der Waals surface area contributed by atoms with Gasteiger partial charge in [0.05, 0.1) is 39.8 Å². The van der Waals surface area contributed by atoms with Crippen LogP contribution in [0.5, 0.6) is 0 Å². The molecule has 2 N–H and O–H groups in total. The number of alkyl halides is 3. The number of fused-ring (bicyclic) bond motifs is 2. The summed E-state index contributed by atoms with van der Waals surface area (Å²) in [6.45, 7) is 0.243. The Balaban J connectivity index is 0.00000289. The molecule has 0 atom stereocenters. The third kappa shape index (κ3) is 4.93. The maximum Gasteiger partial charge on any atom is 0.416 e. The van der Waals surface area contributed by atoms with Gasteiger partial charge in [-0.2, -0.15) is 29.6 Å². The predicted molar refractivity (Wildman–Crippen MR) is 119 cm³/mol. The van der Waals surface area contributed by atoms with Crippen molar-refractivity contribution < 1.29 is 22.7 Å². The molecule has 3 heterocycles. The van der Waals surface area contributed by atoms with Crippen LogP contribution in [0.2, 0.25) is 0 Å². The van der Waals surface area contributed by atoms with Crippen molar-refractivity contribution in [2.24, 2.45) is 5.73 Å². The van der Waals surface area contributed by atoms with Gasteiger partial charge in [-0.3, -0.25) is 9.59 Å². The van der Waals surface area contributed by atoms with Crippen molar-refractivity contribution in [3.05, 3.63) is 55.6 Å². The van der Waals surface area contributed by atoms with Crippen LogP contribution in [-0.2, 0) is 28.7 Å². The van der Waals surface area contributed by atoms with Crippen LogP contribution in [0, 0.1) is 0 Å². The predicted octanol–water partition coefficient (Wildman–Crippen LogP) is 3.60. The van der Waals surface area contributed by atoms with Crippen LogP contribution in [-0.4, -0.2) is 33.9 Å². The summed E-state index contributed by atoms with van der Waals surface area (Å²) in [5.41, 5.74) is 4.75. The van der Waals surface area contributed by atoms with Gasteiger partial charge in [0, 0.05) is 22.7 Å². The second-order valence-electron chi connectivity index (χ2n) is 6.58. The summed E-state index contributed by atoms with van der Waals surface area (Å²) in [7, 11) is 0. The van der Waals surface area contributed by atoms with Gasteiger partial charge >= 0.3 is 12.1 Å². The first-order chi connectivity index (χ1) is 14.8. The van der Waals surface area contributed by atoms with Crippen molar-refractivity contribution in [2.75, 3.05) is 13.2 Å². The van der Waals surface area contributed by atoms with E-state index in [9.17, 15) is 22.8 Å². The summed E-state index contributed by atoms with van der Waals surface area (Å²) in [5.74, 6) is -0.518. The first-order valence-electron chi connectivity index (χ1n) is 9.04. The summed E-state index contributed by atoms with van der Waals surface area (Å²) in [6.07, 6.45) is -4.60. The largest absolute Gasteiger partial charge is 0.464 e. The third-order valence-electron chi connectivity index (χ3n) is 4.42. The van der Waals surface area contributed by atoms with Crippen LogP contribution < -0.4 is 11.3 Å². The Bertz CT molecular complexity index is 1330. The van der Waals surface area contributed by atoms with E-state index in [1.807, 2.05) is 0 Å². The zero-order valence-electron chi connectivity index (χ0n) is 16.2. The highest BCUT2D eigenvalue weighted by molar-refractivity contribution is 7.18. The number of halogens is 4. The zero-order chi connectivity index (χ0) is 22.2. The van der Waals surface area contributed by atoms with Gasteiger partial charge in [-0.15, -0.1) is 23.7 Å². The second-order valence-corrected chi connectivity index (χ2v) is 8.44. The summed E-state index contributed by atoms with van der Waals surface area (Å²) < 4.78 is 45.6. The fraction of sp³-hybridized carbons (Fsp3) is 0.263. The van der Waals surface area contributed by atoms with E-state index in [1.54, 1.807) is 10.8 Å². The molecule has 0 aliphatic heterocycles. The number of hydrogen-bond donors (Lipinski definition) is 1. The van der Waals surface area contributed by atoms with Crippen molar-refractivity contribution in [1.29, 1.82) is 0 Å². The first-order valence-corrected chi connectivity index (χ1v) is 10.8. The van der Waals surface area contributed by atoms with Crippen LogP contribution in [0.4, 0.5) is 13.2 Å². The van der Waals surface area contributed by atoms with Crippen molar-refractivity contribution in [1.82, 2.24) is 14.8 Å². The number of carbonyl (C=O) groups is 1. The normalized spacial score (nSPS) is 11.6. The summed E-state index contributed by atoms with van der Waals surface area (Å²) >= 11 is 2.48. The molecular weight excluding hydrogens is 489 g/mol. The minimum atomic E-state index is -4.46. The molecule has 13 heteroatoms. The Morgan fingerprint density at radius 3 is 2.69 bits per heavy atom. The van der Waals surface area contributed by atoms with Crippen LogP contribution in [0.3, 0.4) is 0 Å². The standard InChI is InChI=1S/C19H15F3N4O3S2.ClH/c20-19(21,22)10-1-2-15-14(5-10)24-16(31-15)7-26-18(28)12-9-30-8-11(12)13(25-26)6-17(27)29-4-3-23;/h1-2,5,8-9H,3-4,6-7,23H2;1H. The van der Waals surface area contributed by atoms with Gasteiger partial charge in [0.15, 0.2) is 0 Å². The van der Waals surface area contributed by atoms with Crippen molar-refractivity contribution >= 4 is 62.0 Å². The van der Waals surface area contributed by atoms with Crippen LogP contribution in [0.1, 0.15) is 16.3 Å². The Hall–Kier alpha value is -2.54. The lowest BCUT2D eigenvalue weighted by atomic mass is 10.2. The second kappa shape index (κ2) is 9.53. The van der Waals surface area contributed by atoms with Crippen LogP contribution >= 0.6 is 35.1 Å². The number of thiophene rings is 1. The number of esters is 1. The summed E-state index contributed by atoms with van der Waals surface area (Å²) in [4.78, 5) is 29.1. The van der Waals surface area contributed by atoms with Gasteiger partial charge in [0.2, 0.25) is 0 Å². The third-order valence-corrected chi connectivity index (χ3v) is 6.18. The van der Waals surface area contributed by atoms with Crippen molar-refractivity contribution in [3.63, 3.8) is 0 Å². The van der Waals surface area contributed by atoms with Gasteiger partial charge in [-0.05, 0) is 18.2 Å². The van der Waals surface area contributed by atoms with E-state index in [2.05, 4.69) is 10.1 Å². The molecule has 0 spiro atoms. The number of ether oxygens (including phenoxy) is 1. The average molecular weight is 505 g/mol. The molecule has 170 valence electrons. The molecule has 0 unspecified atom stereocenters. The van der Waals surface area contributed by atoms with E-state index in [-0.39, 0.29) is 49.6 Å². The number of hydrogen-bond acceptors (Lipinski definition) is 8. The smallest absolute Gasteiger partial charge is 0.416 e. The number of thiazole rings is 1. The Morgan fingerprint density at radius 2 is 1.97 bits per heavy atom. The molecule has 0 saturated heterocycles. The lowest BCUT2D eigenvalue weighted by molar-refractivity contribution is -0.142. The average Bonchev–Trinajstić information content (AvgIpc) is 3.35. The lowest BCUT2D eigenvalue weighted by Crippen LogP contribution is -2.26. The lowest BCUT2D eigenvalue weighted by Gasteiger charge is -2.08. The molecule has 32 heavy (non-hydrogen) atoms. The molecule has 0 amide bonds. The topological polar surface area (TPSA) is 100 Å². The van der Waals surface area contributed by atoms with Gasteiger partial charge in [0.1, 0.15) is 11.6 Å². The molecule has 0 saturated carbocycles. The van der Waals surface area contributed by atoms with Crippen molar-refractivity contribution in [3.8, 4) is 0 Å².